The molecule has 1 atom stereocenters. The van der Waals surface area contributed by atoms with Gasteiger partial charge in [0.25, 0.3) is 0 Å². The lowest BCUT2D eigenvalue weighted by Crippen LogP contribution is -2.18. The van der Waals surface area contributed by atoms with E-state index in [0.29, 0.717) is 12.6 Å². The van der Waals surface area contributed by atoms with Gasteiger partial charge in [-0.2, -0.15) is 9.61 Å². The third-order valence-corrected chi connectivity index (χ3v) is 4.95. The average Bonchev–Trinajstić information content (AvgIpc) is 3.13. The average molecular weight is 384 g/mol. The number of anilines is 2. The first-order valence-electron chi connectivity index (χ1n) is 9.97. The molecule has 7 heteroatoms. The second-order valence-corrected chi connectivity index (χ2v) is 7.37. The van der Waals surface area contributed by atoms with Gasteiger partial charge in [0.15, 0.2) is 5.65 Å². The zero-order chi connectivity index (χ0) is 20.1. The van der Waals surface area contributed by atoms with E-state index in [0.717, 1.165) is 41.2 Å². The van der Waals surface area contributed by atoms with E-state index in [4.69, 9.17) is 4.98 Å². The summed E-state index contributed by atoms with van der Waals surface area (Å²) in [6, 6.07) is 16.9. The van der Waals surface area contributed by atoms with Gasteiger partial charge in [-0.15, -0.1) is 0 Å². The van der Waals surface area contributed by atoms with Crippen LogP contribution >= 0.6 is 0 Å². The number of nitrogens with zero attached hydrogens (tertiary/aromatic N) is 4. The highest BCUT2D eigenvalue weighted by molar-refractivity contribution is 6.36. The van der Waals surface area contributed by atoms with Gasteiger partial charge >= 0.3 is 0 Å². The summed E-state index contributed by atoms with van der Waals surface area (Å²) in [6.45, 7) is 2.87. The molecule has 3 aromatic heterocycles. The lowest BCUT2D eigenvalue weighted by molar-refractivity contribution is 0.702. The minimum atomic E-state index is 0.305. The maximum atomic E-state index is 4.78. The van der Waals surface area contributed by atoms with Crippen molar-refractivity contribution in [3.63, 3.8) is 0 Å². The van der Waals surface area contributed by atoms with Crippen LogP contribution in [-0.4, -0.2) is 33.5 Å². The summed E-state index contributed by atoms with van der Waals surface area (Å²) < 4.78 is 1.85. The molecule has 0 amide bonds. The number of hydrogen-bond acceptors (Lipinski definition) is 5. The van der Waals surface area contributed by atoms with Crippen LogP contribution in [0.4, 0.5) is 11.6 Å². The van der Waals surface area contributed by atoms with Crippen molar-refractivity contribution in [2.45, 2.75) is 32.4 Å². The Labute approximate surface area is 171 Å². The summed E-state index contributed by atoms with van der Waals surface area (Å²) in [5, 5.41) is 11.5. The smallest absolute Gasteiger partial charge is 0.153 e. The number of rotatable bonds is 8. The van der Waals surface area contributed by atoms with Gasteiger partial charge < -0.3 is 10.6 Å². The molecule has 0 spiro atoms. The van der Waals surface area contributed by atoms with Crippen molar-refractivity contribution < 1.29 is 0 Å². The molecule has 1 aromatic carbocycles. The van der Waals surface area contributed by atoms with Crippen molar-refractivity contribution in [1.29, 1.82) is 0 Å². The third kappa shape index (κ3) is 4.74. The number of benzene rings is 1. The van der Waals surface area contributed by atoms with E-state index in [9.17, 15) is 0 Å². The van der Waals surface area contributed by atoms with E-state index in [1.54, 1.807) is 6.20 Å². The van der Waals surface area contributed by atoms with Crippen molar-refractivity contribution in [1.82, 2.24) is 19.6 Å². The number of aromatic nitrogens is 4. The Morgan fingerprint density at radius 2 is 1.90 bits per heavy atom. The summed E-state index contributed by atoms with van der Waals surface area (Å²) >= 11 is 0. The molecular weight excluding hydrogens is 359 g/mol. The Morgan fingerprint density at radius 1 is 1.07 bits per heavy atom. The fraction of sp³-hybridized carbons (Fsp3) is 0.227. The van der Waals surface area contributed by atoms with Crippen molar-refractivity contribution in [2.24, 2.45) is 0 Å². The minimum absolute atomic E-state index is 0.305. The first-order valence-corrected chi connectivity index (χ1v) is 9.97. The van der Waals surface area contributed by atoms with Crippen LogP contribution < -0.4 is 16.1 Å². The first-order chi connectivity index (χ1) is 14.2. The van der Waals surface area contributed by atoms with Crippen LogP contribution in [0.2, 0.25) is 0 Å². The molecule has 1 unspecified atom stereocenters. The van der Waals surface area contributed by atoms with Gasteiger partial charge in [-0.05, 0) is 42.4 Å². The second-order valence-electron chi connectivity index (χ2n) is 7.37. The highest BCUT2D eigenvalue weighted by Crippen LogP contribution is 2.17. The van der Waals surface area contributed by atoms with Crippen LogP contribution in [0.25, 0.3) is 5.65 Å². The van der Waals surface area contributed by atoms with Crippen molar-refractivity contribution in [3.8, 4) is 0 Å². The molecule has 3 heterocycles. The topological polar surface area (TPSA) is 67.1 Å². The highest BCUT2D eigenvalue weighted by atomic mass is 15.3. The number of nitrogens with one attached hydrogen (secondary N) is 2. The number of fused-ring (bicyclic) bond motifs is 1. The van der Waals surface area contributed by atoms with Crippen molar-refractivity contribution >= 4 is 30.6 Å². The van der Waals surface area contributed by atoms with Gasteiger partial charge in [0.2, 0.25) is 0 Å². The predicted molar refractivity (Wildman–Crippen MR) is 121 cm³/mol. The highest BCUT2D eigenvalue weighted by Gasteiger charge is 2.11. The Bertz CT molecular complexity index is 1060. The number of pyridine rings is 1. The van der Waals surface area contributed by atoms with Crippen LogP contribution in [0.5, 0.6) is 0 Å². The zero-order valence-corrected chi connectivity index (χ0v) is 16.8. The third-order valence-electron chi connectivity index (χ3n) is 4.95. The van der Waals surface area contributed by atoms with Crippen LogP contribution in [-0.2, 0) is 13.0 Å². The molecule has 0 aliphatic carbocycles. The molecule has 0 saturated heterocycles. The summed E-state index contributed by atoms with van der Waals surface area (Å²) in [7, 11) is 2.03. The molecule has 0 aliphatic rings. The van der Waals surface area contributed by atoms with E-state index < -0.39 is 0 Å². The Hall–Kier alpha value is -3.35. The molecule has 0 radical (unpaired) electrons. The van der Waals surface area contributed by atoms with E-state index in [-0.39, 0.29) is 0 Å². The molecule has 146 valence electrons. The molecule has 4 aromatic rings. The van der Waals surface area contributed by atoms with Gasteiger partial charge in [-0.25, -0.2) is 4.98 Å². The number of hydrogen-bond donors (Lipinski definition) is 2. The SMILES string of the molecule is Bc1cnn2c(NCc3cccnc3)cc(NC(C)CCc3ccccc3)nc12. The van der Waals surface area contributed by atoms with Crippen LogP contribution in [0, 0.1) is 0 Å². The number of aryl methyl sites for hydroxylation is 1. The molecule has 0 aliphatic heterocycles. The molecular formula is C22H25BN6. The fourth-order valence-corrected chi connectivity index (χ4v) is 3.32. The lowest BCUT2D eigenvalue weighted by atomic mass is 10.0. The lowest BCUT2D eigenvalue weighted by Gasteiger charge is -2.17. The Balaban J connectivity index is 1.49. The zero-order valence-electron chi connectivity index (χ0n) is 16.8. The summed E-state index contributed by atoms with van der Waals surface area (Å²) in [4.78, 5) is 8.96. The van der Waals surface area contributed by atoms with Gasteiger partial charge in [0, 0.05) is 37.2 Å². The van der Waals surface area contributed by atoms with E-state index in [1.165, 1.54) is 5.56 Å². The molecule has 2 N–H and O–H groups in total. The second kappa shape index (κ2) is 8.77. The van der Waals surface area contributed by atoms with Crippen molar-refractivity contribution in [3.05, 3.63) is 78.2 Å². The van der Waals surface area contributed by atoms with E-state index in [1.807, 2.05) is 36.9 Å². The molecule has 0 saturated carbocycles. The van der Waals surface area contributed by atoms with E-state index >= 15 is 0 Å². The standard InChI is InChI=1S/C22H25BN6/c1-16(9-10-17-6-3-2-4-7-17)27-20-12-21(25-14-18-8-5-11-24-13-18)29-22(28-20)19(23)15-26-29/h2-8,11-13,15-16,25H,9-10,14,23H2,1H3,(H,27,28). The Morgan fingerprint density at radius 3 is 2.69 bits per heavy atom. The van der Waals surface area contributed by atoms with E-state index in [2.05, 4.69) is 64.0 Å². The predicted octanol–water partition coefficient (Wildman–Crippen LogP) is 2.43. The van der Waals surface area contributed by atoms with Crippen LogP contribution in [0.15, 0.2) is 67.1 Å². The van der Waals surface area contributed by atoms with Crippen LogP contribution in [0.1, 0.15) is 24.5 Å². The quantitative estimate of drug-likeness (QED) is 0.457. The molecule has 6 nitrogen and oxygen atoms in total. The molecule has 0 bridgehead atoms. The molecule has 29 heavy (non-hydrogen) atoms. The van der Waals surface area contributed by atoms with Gasteiger partial charge in [-0.1, -0.05) is 36.4 Å². The van der Waals surface area contributed by atoms with Crippen LogP contribution in [0.3, 0.4) is 0 Å². The Kier molecular flexibility index (Phi) is 5.75. The maximum Gasteiger partial charge on any atom is 0.153 e. The van der Waals surface area contributed by atoms with Crippen molar-refractivity contribution in [2.75, 3.05) is 10.6 Å². The summed E-state index contributed by atoms with van der Waals surface area (Å²) in [5.74, 6) is 1.76. The summed E-state index contributed by atoms with van der Waals surface area (Å²) in [5.41, 5.74) is 4.39. The minimum Gasteiger partial charge on any atom is -0.367 e. The molecule has 4 rings (SSSR count). The maximum absolute atomic E-state index is 4.78. The van der Waals surface area contributed by atoms with Gasteiger partial charge in [0.05, 0.1) is 0 Å². The van der Waals surface area contributed by atoms with Gasteiger partial charge in [-0.3, -0.25) is 4.98 Å². The normalized spacial score (nSPS) is 12.0. The van der Waals surface area contributed by atoms with Gasteiger partial charge in [0.1, 0.15) is 19.5 Å². The fourth-order valence-electron chi connectivity index (χ4n) is 3.32. The monoisotopic (exact) mass is 384 g/mol. The largest absolute Gasteiger partial charge is 0.367 e. The summed E-state index contributed by atoms with van der Waals surface area (Å²) in [6.07, 6.45) is 7.57. The molecule has 0 fully saturated rings. The first kappa shape index (κ1) is 19.0.